The van der Waals surface area contributed by atoms with E-state index in [4.69, 9.17) is 9.47 Å². The molecule has 2 aliphatic rings. The number of hydrogen-bond donors (Lipinski definition) is 0. The van der Waals surface area contributed by atoms with Crippen LogP contribution in [0.2, 0.25) is 0 Å². The summed E-state index contributed by atoms with van der Waals surface area (Å²) < 4.78 is 11.2. The first-order valence-electron chi connectivity index (χ1n) is 8.49. The summed E-state index contributed by atoms with van der Waals surface area (Å²) in [6.45, 7) is 6.98. The summed E-state index contributed by atoms with van der Waals surface area (Å²) in [6, 6.07) is 6.86. The SMILES string of the molecule is CCN1C(=O)N(CC)C2OC(c3ccc(C)cc3)=NC2(OC(C)=O)C1=O. The summed E-state index contributed by atoms with van der Waals surface area (Å²) in [5.74, 6) is -1.21. The number of esters is 1. The monoisotopic (exact) mass is 359 g/mol. The predicted molar refractivity (Wildman–Crippen MR) is 92.2 cm³/mol. The molecule has 0 bridgehead atoms. The van der Waals surface area contributed by atoms with Crippen LogP contribution in [0.1, 0.15) is 31.9 Å². The number of hydrogen-bond acceptors (Lipinski definition) is 6. The van der Waals surface area contributed by atoms with E-state index in [1.54, 1.807) is 26.0 Å². The number of urea groups is 1. The molecule has 0 saturated carbocycles. The van der Waals surface area contributed by atoms with E-state index in [1.807, 2.05) is 19.1 Å². The Morgan fingerprint density at radius 1 is 1.23 bits per heavy atom. The molecule has 1 aromatic rings. The van der Waals surface area contributed by atoms with Crippen LogP contribution >= 0.6 is 0 Å². The van der Waals surface area contributed by atoms with Crippen LogP contribution in [-0.2, 0) is 19.1 Å². The number of ether oxygens (including phenoxy) is 2. The van der Waals surface area contributed by atoms with E-state index in [0.29, 0.717) is 5.56 Å². The molecular weight excluding hydrogens is 338 g/mol. The maximum atomic E-state index is 13.0. The van der Waals surface area contributed by atoms with Gasteiger partial charge in [-0.25, -0.2) is 4.79 Å². The highest BCUT2D eigenvalue weighted by molar-refractivity contribution is 6.07. The molecule has 1 fully saturated rings. The molecular formula is C18H21N3O5. The van der Waals surface area contributed by atoms with Crippen LogP contribution in [0.15, 0.2) is 29.3 Å². The van der Waals surface area contributed by atoms with Crippen molar-refractivity contribution in [1.29, 1.82) is 0 Å². The van der Waals surface area contributed by atoms with Crippen molar-refractivity contribution in [2.24, 2.45) is 4.99 Å². The predicted octanol–water partition coefficient (Wildman–Crippen LogP) is 1.66. The Bertz CT molecular complexity index is 789. The van der Waals surface area contributed by atoms with Gasteiger partial charge in [0.2, 0.25) is 12.1 Å². The molecule has 2 aliphatic heterocycles. The number of aryl methyl sites for hydroxylation is 1. The van der Waals surface area contributed by atoms with Crippen LogP contribution < -0.4 is 0 Å². The van der Waals surface area contributed by atoms with Crippen LogP contribution in [0, 0.1) is 6.92 Å². The topological polar surface area (TPSA) is 88.5 Å². The Labute approximate surface area is 151 Å². The zero-order chi connectivity index (χ0) is 19.1. The fourth-order valence-electron chi connectivity index (χ4n) is 3.13. The van der Waals surface area contributed by atoms with Crippen molar-refractivity contribution >= 4 is 23.8 Å². The van der Waals surface area contributed by atoms with E-state index in [1.165, 1.54) is 11.8 Å². The molecule has 0 aromatic heterocycles. The number of aliphatic imine (C=N–C) groups is 1. The second-order valence-electron chi connectivity index (χ2n) is 6.16. The lowest BCUT2D eigenvalue weighted by atomic mass is 10.1. The maximum absolute atomic E-state index is 13.0. The first-order valence-corrected chi connectivity index (χ1v) is 8.49. The second-order valence-corrected chi connectivity index (χ2v) is 6.16. The minimum atomic E-state index is -1.92. The normalized spacial score (nSPS) is 24.9. The number of benzene rings is 1. The van der Waals surface area contributed by atoms with Gasteiger partial charge in [0.05, 0.1) is 0 Å². The van der Waals surface area contributed by atoms with E-state index >= 15 is 0 Å². The average Bonchev–Trinajstić information content (AvgIpc) is 2.96. The smallest absolute Gasteiger partial charge is 0.342 e. The van der Waals surface area contributed by atoms with Gasteiger partial charge in [0.1, 0.15) is 0 Å². The number of amides is 3. The number of imide groups is 1. The summed E-state index contributed by atoms with van der Waals surface area (Å²) in [5, 5.41) is 0. The van der Waals surface area contributed by atoms with Crippen molar-refractivity contribution in [1.82, 2.24) is 9.80 Å². The van der Waals surface area contributed by atoms with E-state index in [0.717, 1.165) is 10.5 Å². The number of carbonyl (C=O) groups is 3. The Kier molecular flexibility index (Phi) is 4.43. The summed E-state index contributed by atoms with van der Waals surface area (Å²) in [5.41, 5.74) is -0.236. The quantitative estimate of drug-likeness (QED) is 0.763. The lowest BCUT2D eigenvalue weighted by Gasteiger charge is -2.43. The highest BCUT2D eigenvalue weighted by atomic mass is 16.6. The highest BCUT2D eigenvalue weighted by Crippen LogP contribution is 2.38. The van der Waals surface area contributed by atoms with Crippen LogP contribution in [0.5, 0.6) is 0 Å². The minimum absolute atomic E-state index is 0.138. The van der Waals surface area contributed by atoms with Crippen LogP contribution in [-0.4, -0.2) is 58.6 Å². The standard InChI is InChI=1S/C18H21N3O5/c1-5-20-15(23)18(26-12(4)22)16(21(6-2)17(20)24)25-14(19-18)13-9-7-11(3)8-10-13/h7-10,16H,5-6H2,1-4H3. The van der Waals surface area contributed by atoms with E-state index in [-0.39, 0.29) is 19.0 Å². The Hall–Kier alpha value is -2.90. The molecule has 2 heterocycles. The maximum Gasteiger partial charge on any atom is 0.342 e. The first kappa shape index (κ1) is 17.9. The molecule has 8 heteroatoms. The van der Waals surface area contributed by atoms with E-state index in [9.17, 15) is 14.4 Å². The van der Waals surface area contributed by atoms with Gasteiger partial charge < -0.3 is 9.47 Å². The van der Waals surface area contributed by atoms with Crippen molar-refractivity contribution in [3.8, 4) is 0 Å². The molecule has 26 heavy (non-hydrogen) atoms. The lowest BCUT2D eigenvalue weighted by molar-refractivity contribution is -0.195. The molecule has 0 N–H and O–H groups in total. The zero-order valence-electron chi connectivity index (χ0n) is 15.2. The van der Waals surface area contributed by atoms with Gasteiger partial charge in [0.25, 0.3) is 0 Å². The molecule has 8 nitrogen and oxygen atoms in total. The van der Waals surface area contributed by atoms with E-state index < -0.39 is 29.9 Å². The van der Waals surface area contributed by atoms with Gasteiger partial charge >= 0.3 is 23.6 Å². The molecule has 0 aliphatic carbocycles. The number of rotatable bonds is 4. The molecule has 3 amide bonds. The third-order valence-corrected chi connectivity index (χ3v) is 4.39. The van der Waals surface area contributed by atoms with Gasteiger partial charge in [0, 0.05) is 25.6 Å². The number of nitrogens with zero attached hydrogens (tertiary/aromatic N) is 3. The highest BCUT2D eigenvalue weighted by Gasteiger charge is 2.65. The molecule has 1 saturated heterocycles. The molecule has 0 spiro atoms. The zero-order valence-corrected chi connectivity index (χ0v) is 15.2. The van der Waals surface area contributed by atoms with Gasteiger partial charge in [-0.05, 0) is 32.9 Å². The molecule has 2 unspecified atom stereocenters. The van der Waals surface area contributed by atoms with Crippen LogP contribution in [0.4, 0.5) is 4.79 Å². The largest absolute Gasteiger partial charge is 0.446 e. The van der Waals surface area contributed by atoms with Crippen molar-refractivity contribution < 1.29 is 23.9 Å². The van der Waals surface area contributed by atoms with Gasteiger partial charge in [-0.3, -0.25) is 19.4 Å². The number of carbonyl (C=O) groups excluding carboxylic acids is 3. The third-order valence-electron chi connectivity index (χ3n) is 4.39. The molecule has 2 atom stereocenters. The van der Waals surface area contributed by atoms with Gasteiger partial charge in [-0.15, -0.1) is 0 Å². The minimum Gasteiger partial charge on any atom is -0.446 e. The first-order chi connectivity index (χ1) is 12.3. The lowest BCUT2D eigenvalue weighted by Crippen LogP contribution is -2.70. The molecule has 1 aromatic carbocycles. The summed E-state index contributed by atoms with van der Waals surface area (Å²) in [4.78, 5) is 44.1. The Morgan fingerprint density at radius 3 is 2.42 bits per heavy atom. The van der Waals surface area contributed by atoms with Crippen molar-refractivity contribution in [3.63, 3.8) is 0 Å². The summed E-state index contributed by atoms with van der Waals surface area (Å²) in [6.07, 6.45) is -1.13. The van der Waals surface area contributed by atoms with Crippen molar-refractivity contribution in [3.05, 3.63) is 35.4 Å². The van der Waals surface area contributed by atoms with Crippen LogP contribution in [0.3, 0.4) is 0 Å². The van der Waals surface area contributed by atoms with Gasteiger partial charge in [-0.1, -0.05) is 17.7 Å². The van der Waals surface area contributed by atoms with Gasteiger partial charge in [-0.2, -0.15) is 4.99 Å². The van der Waals surface area contributed by atoms with Crippen molar-refractivity contribution in [2.75, 3.05) is 13.1 Å². The fourth-order valence-corrected chi connectivity index (χ4v) is 3.13. The molecule has 3 rings (SSSR count). The van der Waals surface area contributed by atoms with Gasteiger partial charge in [0.15, 0.2) is 0 Å². The average molecular weight is 359 g/mol. The van der Waals surface area contributed by atoms with E-state index in [2.05, 4.69) is 4.99 Å². The Balaban J connectivity index is 2.13. The fraction of sp³-hybridized carbons (Fsp3) is 0.444. The number of likely N-dealkylation sites (N-methyl/N-ethyl adjacent to an activating group) is 2. The second kappa shape index (κ2) is 6.44. The Morgan fingerprint density at radius 2 is 1.88 bits per heavy atom. The third kappa shape index (κ3) is 2.61. The van der Waals surface area contributed by atoms with Crippen LogP contribution in [0.25, 0.3) is 0 Å². The van der Waals surface area contributed by atoms with Crippen molar-refractivity contribution in [2.45, 2.75) is 39.6 Å². The molecule has 138 valence electrons. The molecule has 0 radical (unpaired) electrons. The number of fused-ring (bicyclic) bond motifs is 1. The summed E-state index contributed by atoms with van der Waals surface area (Å²) in [7, 11) is 0. The summed E-state index contributed by atoms with van der Waals surface area (Å²) >= 11 is 0.